The zero-order chi connectivity index (χ0) is 9.66. The monoisotopic (exact) mass is 172 g/mol. The third kappa shape index (κ3) is 23.4. The summed E-state index contributed by atoms with van der Waals surface area (Å²) in [6.07, 6.45) is 4.53. The van der Waals surface area contributed by atoms with E-state index in [9.17, 15) is 19.2 Å². The van der Waals surface area contributed by atoms with Gasteiger partial charge >= 0.3 is 0 Å². The van der Waals surface area contributed by atoms with Crippen LogP contribution < -0.4 is 0 Å². The molecule has 0 fully saturated rings. The predicted molar refractivity (Wildman–Crippen MR) is 42.7 cm³/mol. The van der Waals surface area contributed by atoms with Crippen molar-refractivity contribution in [1.29, 1.82) is 0 Å². The van der Waals surface area contributed by atoms with Gasteiger partial charge in [0.25, 0.3) is 0 Å². The summed E-state index contributed by atoms with van der Waals surface area (Å²) in [5.74, 6) is 0. The highest BCUT2D eigenvalue weighted by Gasteiger charge is 1.80. The Hall–Kier alpha value is -1.32. The SMILES string of the molecule is O=CCC=O.O=CCCCC=O. The van der Waals surface area contributed by atoms with E-state index in [1.165, 1.54) is 0 Å². The normalized spacial score (nSPS) is 7.33. The van der Waals surface area contributed by atoms with Crippen LogP contribution in [0, 0.1) is 0 Å². The summed E-state index contributed by atoms with van der Waals surface area (Å²) in [6.45, 7) is 0. The van der Waals surface area contributed by atoms with E-state index in [-0.39, 0.29) is 6.42 Å². The van der Waals surface area contributed by atoms with Gasteiger partial charge in [0.15, 0.2) is 0 Å². The third-order valence-electron chi connectivity index (χ3n) is 0.836. The van der Waals surface area contributed by atoms with Crippen LogP contribution in [0.2, 0.25) is 0 Å². The number of unbranched alkanes of at least 4 members (excludes halogenated alkanes) is 2. The van der Waals surface area contributed by atoms with E-state index in [1.54, 1.807) is 0 Å². The molecule has 0 aliphatic heterocycles. The van der Waals surface area contributed by atoms with Crippen molar-refractivity contribution in [2.24, 2.45) is 0 Å². The second-order valence-corrected chi connectivity index (χ2v) is 1.83. The molecule has 68 valence electrons. The Labute approximate surface area is 70.9 Å². The first kappa shape index (κ1) is 13.3. The maximum Gasteiger partial charge on any atom is 0.127 e. The molecule has 0 radical (unpaired) electrons. The van der Waals surface area contributed by atoms with E-state index < -0.39 is 0 Å². The lowest BCUT2D eigenvalue weighted by molar-refractivity contribution is -0.114. The van der Waals surface area contributed by atoms with Gasteiger partial charge in [0.2, 0.25) is 0 Å². The topological polar surface area (TPSA) is 68.3 Å². The molecular formula is C8H12O4. The van der Waals surface area contributed by atoms with Crippen LogP contribution in [0.5, 0.6) is 0 Å². The second-order valence-electron chi connectivity index (χ2n) is 1.83. The Morgan fingerprint density at radius 3 is 1.25 bits per heavy atom. The van der Waals surface area contributed by atoms with E-state index in [1.807, 2.05) is 0 Å². The molecule has 4 heteroatoms. The third-order valence-corrected chi connectivity index (χ3v) is 0.836. The van der Waals surface area contributed by atoms with Gasteiger partial charge in [-0.15, -0.1) is 0 Å². The van der Waals surface area contributed by atoms with Crippen LogP contribution in [-0.2, 0) is 19.2 Å². The summed E-state index contributed by atoms with van der Waals surface area (Å²) in [5, 5.41) is 0. The summed E-state index contributed by atoms with van der Waals surface area (Å²) in [4.78, 5) is 37.5. The summed E-state index contributed by atoms with van der Waals surface area (Å²) >= 11 is 0. The minimum absolute atomic E-state index is 0.0278. The quantitative estimate of drug-likeness (QED) is 0.329. The zero-order valence-electron chi connectivity index (χ0n) is 6.77. The highest BCUT2D eigenvalue weighted by Crippen LogP contribution is 1.85. The van der Waals surface area contributed by atoms with E-state index in [4.69, 9.17) is 0 Å². The van der Waals surface area contributed by atoms with Crippen molar-refractivity contribution in [3.05, 3.63) is 0 Å². The zero-order valence-corrected chi connectivity index (χ0v) is 6.77. The summed E-state index contributed by atoms with van der Waals surface area (Å²) in [7, 11) is 0. The first-order chi connectivity index (χ1) is 5.83. The highest BCUT2D eigenvalue weighted by atomic mass is 16.1. The molecule has 0 aliphatic rings. The standard InChI is InChI=1S/C5H8O2.C3H4O2/c6-4-2-1-3-5-7;4-2-1-3-5/h4-5H,1-3H2;2-3H,1H2. The Bertz CT molecular complexity index is 117. The molecule has 0 aromatic heterocycles. The number of aldehydes is 4. The molecule has 0 saturated carbocycles. The lowest BCUT2D eigenvalue weighted by Gasteiger charge is -1.78. The molecule has 0 unspecified atom stereocenters. The lowest BCUT2D eigenvalue weighted by Crippen LogP contribution is -1.76. The van der Waals surface area contributed by atoms with Crippen LogP contribution in [0.1, 0.15) is 25.7 Å². The number of carbonyl (C=O) groups excluding carboxylic acids is 4. The van der Waals surface area contributed by atoms with Crippen molar-refractivity contribution in [2.45, 2.75) is 25.7 Å². The molecule has 0 atom stereocenters. The van der Waals surface area contributed by atoms with Crippen LogP contribution in [0.4, 0.5) is 0 Å². The van der Waals surface area contributed by atoms with Crippen LogP contribution >= 0.6 is 0 Å². The molecule has 0 aromatic carbocycles. The van der Waals surface area contributed by atoms with E-state index >= 15 is 0 Å². The minimum Gasteiger partial charge on any atom is -0.303 e. The number of hydrogen-bond acceptors (Lipinski definition) is 4. The van der Waals surface area contributed by atoms with Crippen molar-refractivity contribution < 1.29 is 19.2 Å². The van der Waals surface area contributed by atoms with Crippen LogP contribution in [0.3, 0.4) is 0 Å². The molecule has 4 nitrogen and oxygen atoms in total. The molecular weight excluding hydrogens is 160 g/mol. The molecule has 0 N–H and O–H groups in total. The van der Waals surface area contributed by atoms with Gasteiger partial charge in [-0.2, -0.15) is 0 Å². The van der Waals surface area contributed by atoms with Gasteiger partial charge < -0.3 is 19.2 Å². The number of rotatable bonds is 6. The number of hydrogen-bond donors (Lipinski definition) is 0. The Kier molecular flexibility index (Phi) is 18.1. The van der Waals surface area contributed by atoms with Gasteiger partial charge in [-0.1, -0.05) is 0 Å². The molecule has 0 bridgehead atoms. The molecule has 0 aromatic rings. The van der Waals surface area contributed by atoms with Crippen molar-refractivity contribution in [3.8, 4) is 0 Å². The summed E-state index contributed by atoms with van der Waals surface area (Å²) < 4.78 is 0. The lowest BCUT2D eigenvalue weighted by atomic mass is 10.3. The molecule has 0 saturated heterocycles. The second kappa shape index (κ2) is 16.3. The fourth-order valence-electron chi connectivity index (χ4n) is 0.324. The van der Waals surface area contributed by atoms with Crippen molar-refractivity contribution in [3.63, 3.8) is 0 Å². The first-order valence-corrected chi connectivity index (χ1v) is 3.58. The Morgan fingerprint density at radius 1 is 0.667 bits per heavy atom. The predicted octanol–water partition coefficient (Wildman–Crippen LogP) is 0.329. The van der Waals surface area contributed by atoms with Crippen molar-refractivity contribution in [1.82, 2.24) is 0 Å². The van der Waals surface area contributed by atoms with Gasteiger partial charge in [-0.25, -0.2) is 0 Å². The van der Waals surface area contributed by atoms with Crippen LogP contribution in [0.25, 0.3) is 0 Å². The average Bonchev–Trinajstić information content (AvgIpc) is 2.08. The molecule has 0 rings (SSSR count). The number of carbonyl (C=O) groups is 4. The average molecular weight is 172 g/mol. The van der Waals surface area contributed by atoms with E-state index in [2.05, 4.69) is 0 Å². The van der Waals surface area contributed by atoms with Crippen LogP contribution in [-0.4, -0.2) is 25.1 Å². The summed E-state index contributed by atoms with van der Waals surface area (Å²) in [6, 6.07) is 0. The van der Waals surface area contributed by atoms with Gasteiger partial charge in [0.05, 0.1) is 6.42 Å². The van der Waals surface area contributed by atoms with E-state index in [0.717, 1.165) is 12.6 Å². The van der Waals surface area contributed by atoms with Gasteiger partial charge in [0.1, 0.15) is 25.1 Å². The Morgan fingerprint density at radius 2 is 1.08 bits per heavy atom. The van der Waals surface area contributed by atoms with Gasteiger partial charge in [-0.3, -0.25) is 0 Å². The maximum atomic E-state index is 9.56. The molecule has 12 heavy (non-hydrogen) atoms. The molecule has 0 amide bonds. The van der Waals surface area contributed by atoms with Crippen molar-refractivity contribution >= 4 is 25.1 Å². The fraction of sp³-hybridized carbons (Fsp3) is 0.500. The van der Waals surface area contributed by atoms with E-state index in [0.29, 0.717) is 31.8 Å². The smallest absolute Gasteiger partial charge is 0.127 e. The largest absolute Gasteiger partial charge is 0.303 e. The van der Waals surface area contributed by atoms with Crippen LogP contribution in [0.15, 0.2) is 0 Å². The maximum absolute atomic E-state index is 9.56. The van der Waals surface area contributed by atoms with Crippen molar-refractivity contribution in [2.75, 3.05) is 0 Å². The molecule has 0 heterocycles. The highest BCUT2D eigenvalue weighted by molar-refractivity contribution is 5.72. The summed E-state index contributed by atoms with van der Waals surface area (Å²) in [5.41, 5.74) is 0. The van der Waals surface area contributed by atoms with Gasteiger partial charge in [-0.05, 0) is 6.42 Å². The molecule has 0 aliphatic carbocycles. The molecule has 0 spiro atoms. The fourth-order valence-corrected chi connectivity index (χ4v) is 0.324. The Balaban J connectivity index is 0. The first-order valence-electron chi connectivity index (χ1n) is 3.58. The minimum atomic E-state index is 0.0278. The van der Waals surface area contributed by atoms with Gasteiger partial charge in [0, 0.05) is 12.8 Å².